The molecule has 4 atom stereocenters. The van der Waals surface area contributed by atoms with Gasteiger partial charge in [-0.1, -0.05) is 12.2 Å². The maximum absolute atomic E-state index is 11.1. The molecular weight excluding hydrogens is 112 g/mol. The Morgan fingerprint density at radius 1 is 1.22 bits per heavy atom. The van der Waals surface area contributed by atoms with Gasteiger partial charge in [-0.25, -0.2) is 0 Å². The van der Waals surface area contributed by atoms with Crippen LogP contribution in [0.2, 0.25) is 0 Å². The lowest BCUT2D eigenvalue weighted by molar-refractivity contribution is -0.121. The van der Waals surface area contributed by atoms with Crippen LogP contribution in [0.25, 0.3) is 0 Å². The number of carbonyl (C=O) groups is 1. The highest BCUT2D eigenvalue weighted by atomic mass is 16.1. The Morgan fingerprint density at radius 2 is 1.78 bits per heavy atom. The fourth-order valence-corrected chi connectivity index (χ4v) is 2.42. The van der Waals surface area contributed by atoms with E-state index in [1.807, 2.05) is 0 Å². The summed E-state index contributed by atoms with van der Waals surface area (Å²) in [6.07, 6.45) is 5.55. The smallest absolute Gasteiger partial charge is 0.147 e. The lowest BCUT2D eigenvalue weighted by atomic mass is 10.1. The predicted octanol–water partition coefficient (Wildman–Crippen LogP) is 1.01. The van der Waals surface area contributed by atoms with Gasteiger partial charge in [0, 0.05) is 11.8 Å². The van der Waals surface area contributed by atoms with Crippen molar-refractivity contribution in [2.24, 2.45) is 23.7 Å². The zero-order valence-corrected chi connectivity index (χ0v) is 5.08. The van der Waals surface area contributed by atoms with E-state index in [0.717, 1.165) is 11.8 Å². The van der Waals surface area contributed by atoms with E-state index in [4.69, 9.17) is 0 Å². The molecule has 0 spiro atoms. The van der Waals surface area contributed by atoms with Crippen molar-refractivity contribution in [3.63, 3.8) is 0 Å². The molecule has 0 radical (unpaired) electrons. The van der Waals surface area contributed by atoms with Crippen molar-refractivity contribution in [3.05, 3.63) is 12.2 Å². The fourth-order valence-electron chi connectivity index (χ4n) is 2.42. The van der Waals surface area contributed by atoms with Crippen LogP contribution in [-0.4, -0.2) is 5.78 Å². The average molecular weight is 120 g/mol. The van der Waals surface area contributed by atoms with Gasteiger partial charge in [-0.15, -0.1) is 0 Å². The molecule has 0 aliphatic heterocycles. The van der Waals surface area contributed by atoms with E-state index in [2.05, 4.69) is 12.2 Å². The maximum Gasteiger partial charge on any atom is 0.147 e. The van der Waals surface area contributed by atoms with E-state index < -0.39 is 0 Å². The molecule has 0 heterocycles. The van der Waals surface area contributed by atoms with E-state index in [-0.39, 0.29) is 0 Å². The highest BCUT2D eigenvalue weighted by Crippen LogP contribution is 2.60. The molecule has 0 aromatic rings. The van der Waals surface area contributed by atoms with Crippen LogP contribution in [-0.2, 0) is 4.79 Å². The topological polar surface area (TPSA) is 17.1 Å². The second-order valence-electron chi connectivity index (χ2n) is 3.40. The summed E-state index contributed by atoms with van der Waals surface area (Å²) < 4.78 is 0. The van der Waals surface area contributed by atoms with Gasteiger partial charge >= 0.3 is 0 Å². The first kappa shape index (κ1) is 4.26. The van der Waals surface area contributed by atoms with Crippen molar-refractivity contribution < 1.29 is 4.79 Å². The molecular formula is C8H8O. The van der Waals surface area contributed by atoms with Crippen molar-refractivity contribution in [2.75, 3.05) is 0 Å². The molecule has 0 N–H and O–H groups in total. The lowest BCUT2D eigenvalue weighted by Gasteiger charge is -1.97. The molecule has 0 amide bonds. The zero-order valence-electron chi connectivity index (χ0n) is 5.08. The Balaban J connectivity index is 2.17. The first-order valence-electron chi connectivity index (χ1n) is 3.60. The van der Waals surface area contributed by atoms with Crippen LogP contribution in [0.1, 0.15) is 6.42 Å². The quantitative estimate of drug-likeness (QED) is 0.436. The molecule has 0 aromatic carbocycles. The number of carbonyl (C=O) groups excluding carboxylic acids is 1. The fraction of sp³-hybridized carbons (Fsp3) is 0.625. The molecule has 46 valence electrons. The molecule has 3 aliphatic carbocycles. The molecule has 1 nitrogen and oxygen atoms in total. The standard InChI is InChI=1S/C8H8O/c9-8-4-1-2-5(8)7-3-6(4)7/h1-2,4-7H,3H2/t4-,5-,6-,7+/m0/s1. The van der Waals surface area contributed by atoms with E-state index in [1.54, 1.807) is 0 Å². The number of hydrogen-bond donors (Lipinski definition) is 0. The highest BCUT2D eigenvalue weighted by molar-refractivity contribution is 5.93. The van der Waals surface area contributed by atoms with Gasteiger partial charge in [0.1, 0.15) is 5.78 Å². The Kier molecular flexibility index (Phi) is 0.476. The van der Waals surface area contributed by atoms with Crippen LogP contribution in [0.5, 0.6) is 0 Å². The van der Waals surface area contributed by atoms with Gasteiger partial charge < -0.3 is 0 Å². The zero-order chi connectivity index (χ0) is 6.01. The summed E-state index contributed by atoms with van der Waals surface area (Å²) in [7, 11) is 0. The second kappa shape index (κ2) is 1.00. The molecule has 2 bridgehead atoms. The molecule has 0 saturated heterocycles. The van der Waals surface area contributed by atoms with Gasteiger partial charge in [0.05, 0.1) is 0 Å². The lowest BCUT2D eigenvalue weighted by Crippen LogP contribution is -2.09. The molecule has 3 rings (SSSR count). The van der Waals surface area contributed by atoms with Crippen LogP contribution in [0.4, 0.5) is 0 Å². The van der Waals surface area contributed by atoms with Crippen molar-refractivity contribution in [1.29, 1.82) is 0 Å². The van der Waals surface area contributed by atoms with Gasteiger partial charge in [0.15, 0.2) is 0 Å². The Morgan fingerprint density at radius 3 is 2.11 bits per heavy atom. The Bertz CT molecular complexity index is 197. The van der Waals surface area contributed by atoms with Crippen LogP contribution in [0.3, 0.4) is 0 Å². The summed E-state index contributed by atoms with van der Waals surface area (Å²) >= 11 is 0. The van der Waals surface area contributed by atoms with Crippen LogP contribution in [0.15, 0.2) is 12.2 Å². The highest BCUT2D eigenvalue weighted by Gasteiger charge is 2.60. The minimum atomic E-state index is 0.361. The molecule has 2 saturated carbocycles. The molecule has 0 unspecified atom stereocenters. The summed E-state index contributed by atoms with van der Waals surface area (Å²) in [5.74, 6) is 2.80. The normalized spacial score (nSPS) is 58.4. The molecule has 1 heteroatoms. The van der Waals surface area contributed by atoms with Crippen LogP contribution >= 0.6 is 0 Å². The maximum atomic E-state index is 11.1. The van der Waals surface area contributed by atoms with Gasteiger partial charge in [0.25, 0.3) is 0 Å². The third-order valence-electron chi connectivity index (χ3n) is 3.00. The average Bonchev–Trinajstić information content (AvgIpc) is 2.53. The van der Waals surface area contributed by atoms with Crippen LogP contribution < -0.4 is 0 Å². The van der Waals surface area contributed by atoms with E-state index in [1.165, 1.54) is 6.42 Å². The van der Waals surface area contributed by atoms with Crippen molar-refractivity contribution in [2.45, 2.75) is 6.42 Å². The number of Topliss-reactive ketones (excluding diaryl/α,β-unsaturated/α-hetero) is 1. The summed E-state index contributed by atoms with van der Waals surface area (Å²) in [5.41, 5.74) is 0. The minimum Gasteiger partial charge on any atom is -0.298 e. The van der Waals surface area contributed by atoms with Gasteiger partial charge in [0.2, 0.25) is 0 Å². The minimum absolute atomic E-state index is 0.361. The largest absolute Gasteiger partial charge is 0.298 e. The molecule has 9 heavy (non-hydrogen) atoms. The van der Waals surface area contributed by atoms with Crippen LogP contribution in [0, 0.1) is 23.7 Å². The summed E-state index contributed by atoms with van der Waals surface area (Å²) in [6.45, 7) is 0. The van der Waals surface area contributed by atoms with E-state index >= 15 is 0 Å². The van der Waals surface area contributed by atoms with Crippen molar-refractivity contribution in [1.82, 2.24) is 0 Å². The number of allylic oxidation sites excluding steroid dienone is 2. The summed E-state index contributed by atoms with van der Waals surface area (Å²) in [6, 6.07) is 0. The summed E-state index contributed by atoms with van der Waals surface area (Å²) in [4.78, 5) is 11.1. The second-order valence-corrected chi connectivity index (χ2v) is 3.40. The van der Waals surface area contributed by atoms with E-state index in [9.17, 15) is 4.79 Å². The number of fused-ring (bicyclic) bond motifs is 5. The third-order valence-corrected chi connectivity index (χ3v) is 3.00. The number of hydrogen-bond acceptors (Lipinski definition) is 1. The number of ketones is 1. The molecule has 0 aromatic heterocycles. The molecule has 2 fully saturated rings. The van der Waals surface area contributed by atoms with Gasteiger partial charge in [-0.2, -0.15) is 0 Å². The van der Waals surface area contributed by atoms with Crippen molar-refractivity contribution in [3.8, 4) is 0 Å². The third kappa shape index (κ3) is 0.311. The Labute approximate surface area is 53.7 Å². The van der Waals surface area contributed by atoms with Gasteiger partial charge in [-0.3, -0.25) is 4.79 Å². The SMILES string of the molecule is O=C1[C@H]2C=C[C@H]1[C@H]1C[C@H]12. The predicted molar refractivity (Wildman–Crippen MR) is 32.7 cm³/mol. The monoisotopic (exact) mass is 120 g/mol. The Hall–Kier alpha value is -0.590. The van der Waals surface area contributed by atoms with Gasteiger partial charge in [-0.05, 0) is 18.3 Å². The first-order chi connectivity index (χ1) is 4.38. The molecule has 3 aliphatic rings. The summed E-state index contributed by atoms with van der Waals surface area (Å²) in [5, 5.41) is 0. The number of rotatable bonds is 0. The first-order valence-corrected chi connectivity index (χ1v) is 3.60. The van der Waals surface area contributed by atoms with Crippen molar-refractivity contribution >= 4 is 5.78 Å². The van der Waals surface area contributed by atoms with E-state index in [0.29, 0.717) is 17.6 Å².